The first-order valence-electron chi connectivity index (χ1n) is 6.08. The summed E-state index contributed by atoms with van der Waals surface area (Å²) in [4.78, 5) is 12.1. The number of H-pyrrole nitrogens is 1. The minimum atomic E-state index is -3.79. The Morgan fingerprint density at radius 3 is 2.71 bits per heavy atom. The number of aromatic nitrogens is 3. The van der Waals surface area contributed by atoms with Gasteiger partial charge in [-0.25, -0.2) is 23.4 Å². The zero-order valence-electron chi connectivity index (χ0n) is 11.2. The number of nitrogen functional groups attached to an aromatic ring is 1. The number of sulfonamides is 1. The van der Waals surface area contributed by atoms with Gasteiger partial charge in [0.2, 0.25) is 10.0 Å². The van der Waals surface area contributed by atoms with Gasteiger partial charge in [0, 0.05) is 17.1 Å². The van der Waals surface area contributed by atoms with E-state index >= 15 is 0 Å². The summed E-state index contributed by atoms with van der Waals surface area (Å²) < 4.78 is 24.0. The van der Waals surface area contributed by atoms with Crippen LogP contribution in [0.2, 0.25) is 0 Å². The highest BCUT2D eigenvalue weighted by Crippen LogP contribution is 2.31. The topological polar surface area (TPSA) is 137 Å². The van der Waals surface area contributed by atoms with Gasteiger partial charge in [-0.2, -0.15) is 0 Å². The van der Waals surface area contributed by atoms with E-state index in [0.717, 1.165) is 6.42 Å². The van der Waals surface area contributed by atoms with Gasteiger partial charge in [-0.05, 0) is 36.4 Å². The Kier molecular flexibility index (Phi) is 4.40. The second-order valence-electron chi connectivity index (χ2n) is 4.31. The lowest BCUT2D eigenvalue weighted by Gasteiger charge is -2.07. The van der Waals surface area contributed by atoms with Crippen LogP contribution >= 0.6 is 11.8 Å². The zero-order valence-corrected chi connectivity index (χ0v) is 12.9. The molecule has 1 heterocycles. The highest BCUT2D eigenvalue weighted by Gasteiger charge is 2.14. The van der Waals surface area contributed by atoms with Crippen molar-refractivity contribution in [2.24, 2.45) is 5.14 Å². The number of rotatable bonds is 5. The van der Waals surface area contributed by atoms with Crippen LogP contribution in [-0.4, -0.2) is 23.2 Å². The standard InChI is InChI=1S/C11H15N5O3S2/c1-2-5-16-10(17)14-15-11(16)20-9-4-3-7(6-8(9)12)21(13,18)19/h3-4,6H,2,5,12H2,1H3,(H,14,17)(H2,13,18,19). The van der Waals surface area contributed by atoms with E-state index in [-0.39, 0.29) is 16.3 Å². The molecule has 0 aliphatic carbocycles. The lowest BCUT2D eigenvalue weighted by atomic mass is 10.3. The lowest BCUT2D eigenvalue weighted by Crippen LogP contribution is -2.17. The van der Waals surface area contributed by atoms with Crippen molar-refractivity contribution in [2.75, 3.05) is 5.73 Å². The maximum Gasteiger partial charge on any atom is 0.343 e. The van der Waals surface area contributed by atoms with Crippen LogP contribution in [0.15, 0.2) is 37.9 Å². The summed E-state index contributed by atoms with van der Waals surface area (Å²) in [6.07, 6.45) is 0.785. The van der Waals surface area contributed by atoms with Gasteiger partial charge in [-0.1, -0.05) is 6.92 Å². The summed E-state index contributed by atoms with van der Waals surface area (Å²) in [5.74, 6) is 0. The number of nitrogens with one attached hydrogen (secondary N) is 1. The van der Waals surface area contributed by atoms with Crippen LogP contribution in [0.3, 0.4) is 0 Å². The molecule has 0 bridgehead atoms. The number of hydrogen-bond donors (Lipinski definition) is 3. The molecule has 5 N–H and O–H groups in total. The molecule has 8 nitrogen and oxygen atoms in total. The van der Waals surface area contributed by atoms with E-state index in [4.69, 9.17) is 10.9 Å². The Labute approximate surface area is 125 Å². The number of anilines is 1. The van der Waals surface area contributed by atoms with E-state index in [1.165, 1.54) is 34.5 Å². The molecule has 0 atom stereocenters. The van der Waals surface area contributed by atoms with Crippen LogP contribution in [0.1, 0.15) is 13.3 Å². The van der Waals surface area contributed by atoms with Crippen LogP contribution in [0.4, 0.5) is 5.69 Å². The molecule has 10 heteroatoms. The second-order valence-corrected chi connectivity index (χ2v) is 6.88. The Hall–Kier alpha value is -1.78. The van der Waals surface area contributed by atoms with Gasteiger partial charge in [0.15, 0.2) is 5.16 Å². The van der Waals surface area contributed by atoms with E-state index in [1.807, 2.05) is 6.92 Å². The van der Waals surface area contributed by atoms with E-state index in [0.29, 0.717) is 16.6 Å². The largest absolute Gasteiger partial charge is 0.398 e. The number of benzene rings is 1. The Bertz CT molecular complexity index is 810. The Balaban J connectivity index is 2.35. The number of hydrogen-bond acceptors (Lipinski definition) is 6. The van der Waals surface area contributed by atoms with E-state index < -0.39 is 10.0 Å². The first-order valence-corrected chi connectivity index (χ1v) is 8.44. The van der Waals surface area contributed by atoms with Gasteiger partial charge >= 0.3 is 5.69 Å². The third-order valence-electron chi connectivity index (χ3n) is 2.68. The minimum Gasteiger partial charge on any atom is -0.398 e. The van der Waals surface area contributed by atoms with Crippen LogP contribution < -0.4 is 16.6 Å². The first-order chi connectivity index (χ1) is 9.82. The van der Waals surface area contributed by atoms with Crippen molar-refractivity contribution in [3.8, 4) is 0 Å². The molecular weight excluding hydrogens is 314 g/mol. The predicted octanol–water partition coefficient (Wildman–Crippen LogP) is 0.362. The summed E-state index contributed by atoms with van der Waals surface area (Å²) in [6, 6.07) is 4.19. The molecule has 0 saturated heterocycles. The predicted molar refractivity (Wildman–Crippen MR) is 79.5 cm³/mol. The van der Waals surface area contributed by atoms with Crippen LogP contribution in [0, 0.1) is 0 Å². The molecule has 1 aromatic heterocycles. The van der Waals surface area contributed by atoms with Crippen molar-refractivity contribution in [3.63, 3.8) is 0 Å². The third-order valence-corrected chi connectivity index (χ3v) is 4.68. The monoisotopic (exact) mass is 329 g/mol. The Morgan fingerprint density at radius 2 is 2.14 bits per heavy atom. The lowest BCUT2D eigenvalue weighted by molar-refractivity contribution is 0.597. The second kappa shape index (κ2) is 5.92. The molecule has 0 saturated carbocycles. The molecule has 0 aliphatic rings. The molecule has 0 amide bonds. The number of nitrogens with two attached hydrogens (primary N) is 2. The molecule has 0 aliphatic heterocycles. The quantitative estimate of drug-likeness (QED) is 0.677. The smallest absolute Gasteiger partial charge is 0.343 e. The fourth-order valence-corrected chi connectivity index (χ4v) is 3.13. The molecule has 2 aromatic rings. The zero-order chi connectivity index (χ0) is 15.6. The highest BCUT2D eigenvalue weighted by molar-refractivity contribution is 7.99. The molecule has 0 fully saturated rings. The van der Waals surface area contributed by atoms with Crippen molar-refractivity contribution >= 4 is 27.5 Å². The van der Waals surface area contributed by atoms with Crippen molar-refractivity contribution < 1.29 is 8.42 Å². The summed E-state index contributed by atoms with van der Waals surface area (Å²) in [5, 5.41) is 11.8. The maximum atomic E-state index is 11.6. The van der Waals surface area contributed by atoms with E-state index in [2.05, 4.69) is 10.2 Å². The van der Waals surface area contributed by atoms with Gasteiger partial charge in [-0.15, -0.1) is 5.10 Å². The summed E-state index contributed by atoms with van der Waals surface area (Å²) in [5.41, 5.74) is 5.79. The van der Waals surface area contributed by atoms with Crippen molar-refractivity contribution in [1.29, 1.82) is 0 Å². The highest BCUT2D eigenvalue weighted by atomic mass is 32.2. The van der Waals surface area contributed by atoms with Gasteiger partial charge in [0.1, 0.15) is 0 Å². The average molecular weight is 329 g/mol. The van der Waals surface area contributed by atoms with E-state index in [1.54, 1.807) is 0 Å². The Morgan fingerprint density at radius 1 is 1.43 bits per heavy atom. The number of aromatic amines is 1. The van der Waals surface area contributed by atoms with Gasteiger partial charge in [0.05, 0.1) is 4.90 Å². The van der Waals surface area contributed by atoms with Crippen LogP contribution in [0.5, 0.6) is 0 Å². The molecule has 2 rings (SSSR count). The van der Waals surface area contributed by atoms with Crippen molar-refractivity contribution in [3.05, 3.63) is 28.7 Å². The van der Waals surface area contributed by atoms with Gasteiger partial charge in [0.25, 0.3) is 0 Å². The fourth-order valence-electron chi connectivity index (χ4n) is 1.70. The first kappa shape index (κ1) is 15.6. The van der Waals surface area contributed by atoms with Crippen LogP contribution in [-0.2, 0) is 16.6 Å². The molecule has 0 spiro atoms. The number of nitrogens with zero attached hydrogens (tertiary/aromatic N) is 2. The molecule has 21 heavy (non-hydrogen) atoms. The van der Waals surface area contributed by atoms with Gasteiger partial charge in [-0.3, -0.25) is 4.57 Å². The van der Waals surface area contributed by atoms with Crippen molar-refractivity contribution in [2.45, 2.75) is 34.8 Å². The normalized spacial score (nSPS) is 11.7. The SMILES string of the molecule is CCCn1c(Sc2ccc(S(N)(=O)=O)cc2N)n[nH]c1=O. The summed E-state index contributed by atoms with van der Waals surface area (Å²) in [7, 11) is -3.79. The molecule has 0 radical (unpaired) electrons. The van der Waals surface area contributed by atoms with Crippen LogP contribution in [0.25, 0.3) is 0 Å². The maximum absolute atomic E-state index is 11.6. The number of primary sulfonamides is 1. The molecule has 114 valence electrons. The summed E-state index contributed by atoms with van der Waals surface area (Å²) >= 11 is 1.18. The molecular formula is C11H15N5O3S2. The van der Waals surface area contributed by atoms with E-state index in [9.17, 15) is 13.2 Å². The van der Waals surface area contributed by atoms with Gasteiger partial charge < -0.3 is 5.73 Å². The minimum absolute atomic E-state index is 0.0580. The average Bonchev–Trinajstić information content (AvgIpc) is 2.73. The summed E-state index contributed by atoms with van der Waals surface area (Å²) in [6.45, 7) is 2.48. The van der Waals surface area contributed by atoms with Crippen molar-refractivity contribution in [1.82, 2.24) is 14.8 Å². The molecule has 1 aromatic carbocycles. The third kappa shape index (κ3) is 3.46. The molecule has 0 unspecified atom stereocenters. The fraction of sp³-hybridized carbons (Fsp3) is 0.273.